The molecule has 70 valence electrons. The van der Waals surface area contributed by atoms with Gasteiger partial charge in [-0.25, -0.2) is 4.98 Å². The lowest BCUT2D eigenvalue weighted by Crippen LogP contribution is -1.99. The molecule has 0 N–H and O–H groups in total. The van der Waals surface area contributed by atoms with Gasteiger partial charge in [0, 0.05) is 18.2 Å². The van der Waals surface area contributed by atoms with Crippen molar-refractivity contribution in [3.8, 4) is 5.88 Å². The summed E-state index contributed by atoms with van der Waals surface area (Å²) in [5.74, 6) is 0.763. The van der Waals surface area contributed by atoms with Gasteiger partial charge in [0.2, 0.25) is 5.88 Å². The van der Waals surface area contributed by atoms with Crippen molar-refractivity contribution in [2.24, 2.45) is 0 Å². The summed E-state index contributed by atoms with van der Waals surface area (Å²) in [6.45, 7) is 3.48. The first-order valence-corrected chi connectivity index (χ1v) is 4.12. The summed E-state index contributed by atoms with van der Waals surface area (Å²) in [4.78, 5) is 14.9. The monoisotopic (exact) mass is 179 g/mol. The number of carbonyl (C=O) groups is 1. The van der Waals surface area contributed by atoms with Crippen LogP contribution in [0.2, 0.25) is 0 Å². The van der Waals surface area contributed by atoms with E-state index in [1.807, 2.05) is 13.0 Å². The molecule has 1 aromatic heterocycles. The van der Waals surface area contributed by atoms with Gasteiger partial charge in [-0.2, -0.15) is 0 Å². The number of hydrogen-bond acceptors (Lipinski definition) is 3. The Balaban J connectivity index is 2.89. The van der Waals surface area contributed by atoms with Crippen LogP contribution in [0, 0.1) is 6.92 Å². The molecule has 0 bridgehead atoms. The fourth-order valence-electron chi connectivity index (χ4n) is 1.22. The molecule has 3 nitrogen and oxygen atoms in total. The maximum absolute atomic E-state index is 10.8. The first-order chi connectivity index (χ1) is 6.13. The molecule has 0 spiro atoms. The third-order valence-electron chi connectivity index (χ3n) is 1.73. The lowest BCUT2D eigenvalue weighted by atomic mass is 10.1. The third-order valence-corrected chi connectivity index (χ3v) is 1.73. The van der Waals surface area contributed by atoms with Crippen molar-refractivity contribution in [2.75, 3.05) is 7.11 Å². The molecule has 13 heavy (non-hydrogen) atoms. The normalized spacial score (nSPS) is 9.77. The second-order valence-corrected chi connectivity index (χ2v) is 3.05. The Morgan fingerprint density at radius 2 is 2.31 bits per heavy atom. The van der Waals surface area contributed by atoms with Crippen LogP contribution in [0.15, 0.2) is 12.3 Å². The standard InChI is InChI=1S/C10H13NO2/c1-7-4-9(5-8(2)12)6-11-10(7)13-3/h4,6H,5H2,1-3H3. The second kappa shape index (κ2) is 4.03. The van der Waals surface area contributed by atoms with Crippen LogP contribution in [0.25, 0.3) is 0 Å². The maximum atomic E-state index is 10.8. The quantitative estimate of drug-likeness (QED) is 0.706. The van der Waals surface area contributed by atoms with Crippen LogP contribution in [-0.2, 0) is 11.2 Å². The molecular formula is C10H13NO2. The minimum Gasteiger partial charge on any atom is -0.481 e. The molecule has 1 aromatic rings. The Bertz CT molecular complexity index is 321. The molecule has 0 amide bonds. The van der Waals surface area contributed by atoms with Gasteiger partial charge in [0.25, 0.3) is 0 Å². The molecule has 3 heteroatoms. The zero-order valence-electron chi connectivity index (χ0n) is 8.13. The Morgan fingerprint density at radius 3 is 2.77 bits per heavy atom. The number of methoxy groups -OCH3 is 1. The van der Waals surface area contributed by atoms with Gasteiger partial charge in [0.05, 0.1) is 7.11 Å². The second-order valence-electron chi connectivity index (χ2n) is 3.05. The van der Waals surface area contributed by atoms with Gasteiger partial charge < -0.3 is 4.74 Å². The molecule has 0 saturated carbocycles. The molecule has 0 fully saturated rings. The van der Waals surface area contributed by atoms with Crippen molar-refractivity contribution in [2.45, 2.75) is 20.3 Å². The largest absolute Gasteiger partial charge is 0.481 e. The van der Waals surface area contributed by atoms with Gasteiger partial charge >= 0.3 is 0 Å². The van der Waals surface area contributed by atoms with E-state index < -0.39 is 0 Å². The number of Topliss-reactive ketones (excluding diaryl/α,β-unsaturated/α-hetero) is 1. The maximum Gasteiger partial charge on any atom is 0.215 e. The number of hydrogen-bond donors (Lipinski definition) is 0. The van der Waals surface area contributed by atoms with Crippen LogP contribution in [0.3, 0.4) is 0 Å². The third kappa shape index (κ3) is 2.54. The Morgan fingerprint density at radius 1 is 1.62 bits per heavy atom. The fourth-order valence-corrected chi connectivity index (χ4v) is 1.22. The van der Waals surface area contributed by atoms with Crippen molar-refractivity contribution in [1.82, 2.24) is 4.98 Å². The topological polar surface area (TPSA) is 39.2 Å². The molecule has 1 rings (SSSR count). The highest BCUT2D eigenvalue weighted by molar-refractivity contribution is 5.78. The van der Waals surface area contributed by atoms with E-state index in [2.05, 4.69) is 4.98 Å². The number of carbonyl (C=O) groups excluding carboxylic acids is 1. The molecule has 0 aromatic carbocycles. The van der Waals surface area contributed by atoms with E-state index in [9.17, 15) is 4.79 Å². The molecular weight excluding hydrogens is 166 g/mol. The van der Waals surface area contributed by atoms with Crippen LogP contribution < -0.4 is 4.74 Å². The fraction of sp³-hybridized carbons (Fsp3) is 0.400. The number of ketones is 1. The van der Waals surface area contributed by atoms with Crippen LogP contribution >= 0.6 is 0 Å². The SMILES string of the molecule is COc1ncc(CC(C)=O)cc1C. The summed E-state index contributed by atoms with van der Waals surface area (Å²) in [6.07, 6.45) is 2.12. The van der Waals surface area contributed by atoms with Crippen LogP contribution in [0.1, 0.15) is 18.1 Å². The number of pyridine rings is 1. The predicted molar refractivity (Wildman–Crippen MR) is 49.9 cm³/mol. The van der Waals surface area contributed by atoms with Crippen molar-refractivity contribution < 1.29 is 9.53 Å². The molecule has 0 aliphatic heterocycles. The van der Waals surface area contributed by atoms with Crippen molar-refractivity contribution in [1.29, 1.82) is 0 Å². The van der Waals surface area contributed by atoms with Crippen LogP contribution in [0.4, 0.5) is 0 Å². The first kappa shape index (κ1) is 9.71. The molecule has 0 atom stereocenters. The lowest BCUT2D eigenvalue weighted by Gasteiger charge is -2.04. The van der Waals surface area contributed by atoms with Gasteiger partial charge in [0.15, 0.2) is 0 Å². The number of rotatable bonds is 3. The van der Waals surface area contributed by atoms with E-state index >= 15 is 0 Å². The Hall–Kier alpha value is -1.38. The molecule has 0 aliphatic rings. The van der Waals surface area contributed by atoms with Gasteiger partial charge in [-0.1, -0.05) is 0 Å². The zero-order chi connectivity index (χ0) is 9.84. The van der Waals surface area contributed by atoms with E-state index in [1.165, 1.54) is 0 Å². The lowest BCUT2D eigenvalue weighted by molar-refractivity contribution is -0.116. The molecule has 0 unspecified atom stereocenters. The average Bonchev–Trinajstić information content (AvgIpc) is 2.03. The van der Waals surface area contributed by atoms with E-state index in [0.29, 0.717) is 12.3 Å². The Kier molecular flexibility index (Phi) is 3.01. The van der Waals surface area contributed by atoms with Crippen LogP contribution in [0.5, 0.6) is 5.88 Å². The van der Waals surface area contributed by atoms with E-state index in [-0.39, 0.29) is 5.78 Å². The zero-order valence-corrected chi connectivity index (χ0v) is 8.13. The smallest absolute Gasteiger partial charge is 0.215 e. The van der Waals surface area contributed by atoms with Crippen molar-refractivity contribution in [3.05, 3.63) is 23.4 Å². The molecule has 0 saturated heterocycles. The number of aryl methyl sites for hydroxylation is 1. The highest BCUT2D eigenvalue weighted by Crippen LogP contribution is 2.14. The highest BCUT2D eigenvalue weighted by atomic mass is 16.5. The van der Waals surface area contributed by atoms with Crippen molar-refractivity contribution >= 4 is 5.78 Å². The number of ether oxygens (including phenoxy) is 1. The van der Waals surface area contributed by atoms with Gasteiger partial charge in [-0.15, -0.1) is 0 Å². The first-order valence-electron chi connectivity index (χ1n) is 4.12. The van der Waals surface area contributed by atoms with Gasteiger partial charge in [0.1, 0.15) is 5.78 Å². The van der Waals surface area contributed by atoms with Crippen molar-refractivity contribution in [3.63, 3.8) is 0 Å². The summed E-state index contributed by atoms with van der Waals surface area (Å²) in [5.41, 5.74) is 1.90. The Labute approximate surface area is 77.8 Å². The average molecular weight is 179 g/mol. The summed E-state index contributed by atoms with van der Waals surface area (Å²) in [6, 6.07) is 1.92. The highest BCUT2D eigenvalue weighted by Gasteiger charge is 2.02. The van der Waals surface area contributed by atoms with Crippen LogP contribution in [-0.4, -0.2) is 17.9 Å². The minimum atomic E-state index is 0.145. The number of aromatic nitrogens is 1. The van der Waals surface area contributed by atoms with Gasteiger partial charge in [-0.05, 0) is 25.5 Å². The minimum absolute atomic E-state index is 0.145. The molecule has 0 aliphatic carbocycles. The molecule has 0 radical (unpaired) electrons. The summed E-state index contributed by atoms with van der Waals surface area (Å²) in [7, 11) is 1.58. The number of nitrogens with zero attached hydrogens (tertiary/aromatic N) is 1. The van der Waals surface area contributed by atoms with E-state index in [0.717, 1.165) is 11.1 Å². The van der Waals surface area contributed by atoms with Gasteiger partial charge in [-0.3, -0.25) is 4.79 Å². The molecule has 1 heterocycles. The summed E-state index contributed by atoms with van der Waals surface area (Å²) in [5, 5.41) is 0. The predicted octanol–water partition coefficient (Wildman–Crippen LogP) is 1.53. The van der Waals surface area contributed by atoms with E-state index in [4.69, 9.17) is 4.74 Å². The van der Waals surface area contributed by atoms with E-state index in [1.54, 1.807) is 20.2 Å². The summed E-state index contributed by atoms with van der Waals surface area (Å²) >= 11 is 0. The summed E-state index contributed by atoms with van der Waals surface area (Å²) < 4.78 is 5.01.